The van der Waals surface area contributed by atoms with Gasteiger partial charge in [-0.2, -0.15) is 17.0 Å². The molecule has 2 heterocycles. The van der Waals surface area contributed by atoms with E-state index in [1.165, 1.54) is 4.31 Å². The number of carbonyl (C=O) groups is 1. The molecule has 2 atom stereocenters. The standard InChI is InChI=1S/C13H25N3O4S/c1-10-8-16(9-11(2)14(10)3)21(19,20)15-6-4-12(5-7-15)13(17)18/h10-12H,4-9H2,1-3H3,(H,17,18). The van der Waals surface area contributed by atoms with Gasteiger partial charge < -0.3 is 5.11 Å². The minimum atomic E-state index is -3.48. The molecule has 0 radical (unpaired) electrons. The van der Waals surface area contributed by atoms with Gasteiger partial charge in [-0.05, 0) is 33.7 Å². The van der Waals surface area contributed by atoms with Crippen LogP contribution in [0.3, 0.4) is 0 Å². The Balaban J connectivity index is 2.04. The number of rotatable bonds is 3. The van der Waals surface area contributed by atoms with Crippen molar-refractivity contribution in [3.63, 3.8) is 0 Å². The summed E-state index contributed by atoms with van der Waals surface area (Å²) in [5.74, 6) is -1.24. The molecule has 0 aliphatic carbocycles. The van der Waals surface area contributed by atoms with Crippen molar-refractivity contribution < 1.29 is 18.3 Å². The fourth-order valence-corrected chi connectivity index (χ4v) is 4.85. The van der Waals surface area contributed by atoms with Gasteiger partial charge in [0.25, 0.3) is 10.2 Å². The monoisotopic (exact) mass is 319 g/mol. The molecule has 21 heavy (non-hydrogen) atoms. The van der Waals surface area contributed by atoms with E-state index < -0.39 is 22.1 Å². The lowest BCUT2D eigenvalue weighted by molar-refractivity contribution is -0.142. The second-order valence-corrected chi connectivity index (χ2v) is 8.13. The molecule has 8 heteroatoms. The summed E-state index contributed by atoms with van der Waals surface area (Å²) in [6, 6.07) is 0.361. The molecule has 0 bridgehead atoms. The summed E-state index contributed by atoms with van der Waals surface area (Å²) in [5.41, 5.74) is 0. The highest BCUT2D eigenvalue weighted by Gasteiger charge is 2.39. The Hall–Kier alpha value is -0.700. The first-order chi connectivity index (χ1) is 9.73. The van der Waals surface area contributed by atoms with Crippen LogP contribution in [0.5, 0.6) is 0 Å². The van der Waals surface area contributed by atoms with E-state index in [9.17, 15) is 13.2 Å². The lowest BCUT2D eigenvalue weighted by atomic mass is 9.99. The van der Waals surface area contributed by atoms with Crippen molar-refractivity contribution in [2.24, 2.45) is 5.92 Å². The van der Waals surface area contributed by atoms with Crippen molar-refractivity contribution >= 4 is 16.2 Å². The van der Waals surface area contributed by atoms with Gasteiger partial charge in [0.15, 0.2) is 0 Å². The van der Waals surface area contributed by atoms with Gasteiger partial charge in [0.2, 0.25) is 0 Å². The predicted molar refractivity (Wildman–Crippen MR) is 79.1 cm³/mol. The van der Waals surface area contributed by atoms with Crippen LogP contribution < -0.4 is 0 Å². The number of likely N-dealkylation sites (N-methyl/N-ethyl adjacent to an activating group) is 1. The highest BCUT2D eigenvalue weighted by molar-refractivity contribution is 7.86. The van der Waals surface area contributed by atoms with Crippen LogP contribution in [-0.4, -0.2) is 78.3 Å². The largest absolute Gasteiger partial charge is 0.481 e. The summed E-state index contributed by atoms with van der Waals surface area (Å²) in [4.78, 5) is 13.1. The van der Waals surface area contributed by atoms with Crippen molar-refractivity contribution in [2.75, 3.05) is 33.2 Å². The smallest absolute Gasteiger partial charge is 0.306 e. The van der Waals surface area contributed by atoms with E-state index in [-0.39, 0.29) is 12.1 Å². The zero-order chi connectivity index (χ0) is 15.8. The first-order valence-corrected chi connectivity index (χ1v) is 8.83. The van der Waals surface area contributed by atoms with Crippen LogP contribution >= 0.6 is 0 Å². The molecule has 2 aliphatic heterocycles. The second kappa shape index (κ2) is 6.20. The lowest BCUT2D eigenvalue weighted by Gasteiger charge is -2.43. The molecule has 7 nitrogen and oxygen atoms in total. The lowest BCUT2D eigenvalue weighted by Crippen LogP contribution is -2.59. The van der Waals surface area contributed by atoms with Gasteiger partial charge in [-0.25, -0.2) is 0 Å². The maximum Gasteiger partial charge on any atom is 0.306 e. The summed E-state index contributed by atoms with van der Waals surface area (Å²) < 4.78 is 28.4. The molecule has 0 aromatic rings. The number of nitrogens with zero attached hydrogens (tertiary/aromatic N) is 3. The molecule has 0 saturated carbocycles. The number of piperidine rings is 1. The molecule has 122 valence electrons. The van der Waals surface area contributed by atoms with Crippen molar-refractivity contribution in [1.82, 2.24) is 13.5 Å². The molecule has 0 aromatic heterocycles. The minimum Gasteiger partial charge on any atom is -0.481 e. The van der Waals surface area contributed by atoms with Crippen molar-refractivity contribution in [2.45, 2.75) is 38.8 Å². The van der Waals surface area contributed by atoms with Gasteiger partial charge >= 0.3 is 5.97 Å². The number of carboxylic acid groups (broad SMARTS) is 1. The van der Waals surface area contributed by atoms with Crippen molar-refractivity contribution in [3.8, 4) is 0 Å². The molecule has 1 N–H and O–H groups in total. The summed E-state index contributed by atoms with van der Waals surface area (Å²) in [7, 11) is -1.46. The first-order valence-electron chi connectivity index (χ1n) is 7.43. The van der Waals surface area contributed by atoms with E-state index in [2.05, 4.69) is 4.90 Å². The van der Waals surface area contributed by atoms with Crippen LogP contribution in [0.15, 0.2) is 0 Å². The molecule has 2 fully saturated rings. The van der Waals surface area contributed by atoms with E-state index in [1.807, 2.05) is 20.9 Å². The average molecular weight is 319 g/mol. The summed E-state index contributed by atoms with van der Waals surface area (Å²) in [6.45, 7) is 5.62. The van der Waals surface area contributed by atoms with Crippen LogP contribution in [0.2, 0.25) is 0 Å². The third kappa shape index (κ3) is 3.39. The molecule has 0 aromatic carbocycles. The molecule has 2 rings (SSSR count). The maximum atomic E-state index is 12.7. The normalized spacial score (nSPS) is 31.4. The average Bonchev–Trinajstić information content (AvgIpc) is 2.44. The summed E-state index contributed by atoms with van der Waals surface area (Å²) in [6.07, 6.45) is 0.792. The Labute approximate surface area is 126 Å². The molecule has 2 unspecified atom stereocenters. The Bertz CT molecular complexity index is 476. The Morgan fingerprint density at radius 1 is 1.05 bits per heavy atom. The van der Waals surface area contributed by atoms with Crippen LogP contribution in [0.25, 0.3) is 0 Å². The molecule has 2 aliphatic rings. The predicted octanol–water partition coefficient (Wildman–Crippen LogP) is 0.0522. The highest BCUT2D eigenvalue weighted by Crippen LogP contribution is 2.24. The number of hydrogen-bond donors (Lipinski definition) is 1. The molecule has 2 saturated heterocycles. The van der Waals surface area contributed by atoms with Gasteiger partial charge in [0, 0.05) is 38.3 Å². The number of hydrogen-bond acceptors (Lipinski definition) is 4. The minimum absolute atomic E-state index is 0.181. The summed E-state index contributed by atoms with van der Waals surface area (Å²) in [5, 5.41) is 8.99. The van der Waals surface area contributed by atoms with E-state index >= 15 is 0 Å². The number of carboxylic acids is 1. The van der Waals surface area contributed by atoms with E-state index in [1.54, 1.807) is 4.31 Å². The number of piperazine rings is 1. The Kier molecular flexibility index (Phi) is 4.92. The van der Waals surface area contributed by atoms with Gasteiger partial charge in [0.1, 0.15) is 0 Å². The van der Waals surface area contributed by atoms with E-state index in [4.69, 9.17) is 5.11 Å². The van der Waals surface area contributed by atoms with E-state index in [0.717, 1.165) is 0 Å². The van der Waals surface area contributed by atoms with Gasteiger partial charge in [-0.15, -0.1) is 0 Å². The second-order valence-electron chi connectivity index (χ2n) is 6.20. The molecular weight excluding hydrogens is 294 g/mol. The molecular formula is C13H25N3O4S. The molecule has 0 spiro atoms. The van der Waals surface area contributed by atoms with Crippen LogP contribution in [0, 0.1) is 5.92 Å². The summed E-state index contributed by atoms with van der Waals surface area (Å²) >= 11 is 0. The highest BCUT2D eigenvalue weighted by atomic mass is 32.2. The Morgan fingerprint density at radius 2 is 1.52 bits per heavy atom. The third-order valence-electron chi connectivity index (χ3n) is 4.78. The van der Waals surface area contributed by atoms with Crippen LogP contribution in [-0.2, 0) is 15.0 Å². The first kappa shape index (κ1) is 16.7. The zero-order valence-electron chi connectivity index (χ0n) is 12.9. The maximum absolute atomic E-state index is 12.7. The van der Waals surface area contributed by atoms with Gasteiger partial charge in [-0.3, -0.25) is 9.69 Å². The van der Waals surface area contributed by atoms with Crippen molar-refractivity contribution in [3.05, 3.63) is 0 Å². The SMILES string of the molecule is CC1CN(S(=O)(=O)N2CCC(C(=O)O)CC2)CC(C)N1C. The quantitative estimate of drug-likeness (QED) is 0.795. The Morgan fingerprint density at radius 3 is 1.95 bits per heavy atom. The zero-order valence-corrected chi connectivity index (χ0v) is 13.7. The third-order valence-corrected chi connectivity index (χ3v) is 6.75. The van der Waals surface area contributed by atoms with Crippen LogP contribution in [0.1, 0.15) is 26.7 Å². The van der Waals surface area contributed by atoms with E-state index in [0.29, 0.717) is 39.0 Å². The van der Waals surface area contributed by atoms with Gasteiger partial charge in [-0.1, -0.05) is 0 Å². The number of aliphatic carboxylic acids is 1. The molecule has 0 amide bonds. The van der Waals surface area contributed by atoms with Gasteiger partial charge in [0.05, 0.1) is 5.92 Å². The van der Waals surface area contributed by atoms with Crippen LogP contribution in [0.4, 0.5) is 0 Å². The van der Waals surface area contributed by atoms with Crippen molar-refractivity contribution in [1.29, 1.82) is 0 Å². The fraction of sp³-hybridized carbons (Fsp3) is 0.923. The topological polar surface area (TPSA) is 81.2 Å². The fourth-order valence-electron chi connectivity index (χ4n) is 3.04.